The molecule has 0 aromatic heterocycles. The van der Waals surface area contributed by atoms with Gasteiger partial charge in [-0.05, 0) is 34.4 Å². The van der Waals surface area contributed by atoms with Gasteiger partial charge < -0.3 is 14.9 Å². The van der Waals surface area contributed by atoms with Crippen molar-refractivity contribution in [1.29, 1.82) is 0 Å². The van der Waals surface area contributed by atoms with Crippen LogP contribution in [0.15, 0.2) is 36.4 Å². The third-order valence-electron chi connectivity index (χ3n) is 3.08. The number of methoxy groups -OCH3 is 1. The van der Waals surface area contributed by atoms with Crippen molar-refractivity contribution in [3.63, 3.8) is 0 Å². The van der Waals surface area contributed by atoms with Crippen LogP contribution in [0.1, 0.15) is 17.2 Å². The third kappa shape index (κ3) is 2.88. The van der Waals surface area contributed by atoms with E-state index in [1.807, 2.05) is 24.3 Å². The van der Waals surface area contributed by atoms with Gasteiger partial charge in [-0.15, -0.1) is 0 Å². The van der Waals surface area contributed by atoms with Crippen LogP contribution in [0.3, 0.4) is 0 Å². The Labute approximate surface area is 107 Å². The van der Waals surface area contributed by atoms with E-state index in [1.54, 1.807) is 7.11 Å². The number of ether oxygens (including phenoxy) is 1. The van der Waals surface area contributed by atoms with Crippen LogP contribution in [0.25, 0.3) is 10.8 Å². The van der Waals surface area contributed by atoms with Crippen LogP contribution in [0.2, 0.25) is 0 Å². The molecule has 96 valence electrons. The Kier molecular flexibility index (Phi) is 4.31. The molecule has 0 saturated heterocycles. The van der Waals surface area contributed by atoms with Gasteiger partial charge >= 0.3 is 0 Å². The van der Waals surface area contributed by atoms with E-state index >= 15 is 0 Å². The van der Waals surface area contributed by atoms with Gasteiger partial charge in [0.05, 0.1) is 13.2 Å². The number of hydrogen-bond donors (Lipinski definition) is 2. The molecule has 0 amide bonds. The number of rotatable bonds is 5. The maximum Gasteiger partial charge on any atom is 0.102 e. The first kappa shape index (κ1) is 13.0. The monoisotopic (exact) mass is 246 g/mol. The average Bonchev–Trinajstić information content (AvgIpc) is 2.43. The first-order chi connectivity index (χ1) is 8.74. The Morgan fingerprint density at radius 1 is 1.11 bits per heavy atom. The van der Waals surface area contributed by atoms with Gasteiger partial charge in [0, 0.05) is 7.11 Å². The van der Waals surface area contributed by atoms with E-state index in [9.17, 15) is 5.11 Å². The fourth-order valence-corrected chi connectivity index (χ4v) is 2.00. The first-order valence-electron chi connectivity index (χ1n) is 6.05. The molecule has 0 fully saturated rings. The lowest BCUT2D eigenvalue weighted by atomic mass is 10.0. The Morgan fingerprint density at radius 3 is 2.56 bits per heavy atom. The number of fused-ring (bicyclic) bond motifs is 1. The van der Waals surface area contributed by atoms with E-state index in [-0.39, 0.29) is 6.61 Å². The van der Waals surface area contributed by atoms with Crippen molar-refractivity contribution < 1.29 is 14.9 Å². The highest BCUT2D eigenvalue weighted by molar-refractivity contribution is 5.83. The molecule has 0 heterocycles. The number of benzene rings is 2. The van der Waals surface area contributed by atoms with Gasteiger partial charge in [-0.3, -0.25) is 0 Å². The molecule has 0 aliphatic rings. The summed E-state index contributed by atoms with van der Waals surface area (Å²) < 4.78 is 5.06. The van der Waals surface area contributed by atoms with Gasteiger partial charge in [0.1, 0.15) is 6.10 Å². The zero-order chi connectivity index (χ0) is 13.0. The van der Waals surface area contributed by atoms with E-state index in [4.69, 9.17) is 9.84 Å². The van der Waals surface area contributed by atoms with Crippen LogP contribution in [0.4, 0.5) is 0 Å². The summed E-state index contributed by atoms with van der Waals surface area (Å²) in [6.45, 7) is 0.463. The molecule has 0 saturated carbocycles. The highest BCUT2D eigenvalue weighted by Gasteiger charge is 2.06. The summed E-state index contributed by atoms with van der Waals surface area (Å²) in [5.74, 6) is 0. The van der Waals surface area contributed by atoms with Gasteiger partial charge in [0.25, 0.3) is 0 Å². The van der Waals surface area contributed by atoms with Crippen molar-refractivity contribution in [2.45, 2.75) is 12.5 Å². The van der Waals surface area contributed by atoms with Crippen LogP contribution in [-0.4, -0.2) is 30.5 Å². The molecule has 2 N–H and O–H groups in total. The van der Waals surface area contributed by atoms with E-state index < -0.39 is 6.10 Å². The highest BCUT2D eigenvalue weighted by Crippen LogP contribution is 2.21. The van der Waals surface area contributed by atoms with Gasteiger partial charge in [-0.25, -0.2) is 0 Å². The molecule has 2 aromatic rings. The Hall–Kier alpha value is -1.42. The minimum Gasteiger partial charge on any atom is -0.393 e. The second-order valence-electron chi connectivity index (χ2n) is 4.38. The molecule has 2 aromatic carbocycles. The minimum absolute atomic E-state index is 0.253. The Balaban J connectivity index is 2.30. The summed E-state index contributed by atoms with van der Waals surface area (Å²) >= 11 is 0. The molecule has 1 atom stereocenters. The van der Waals surface area contributed by atoms with Gasteiger partial charge in [-0.1, -0.05) is 30.3 Å². The maximum atomic E-state index is 9.59. The van der Waals surface area contributed by atoms with Crippen molar-refractivity contribution in [3.8, 4) is 0 Å². The normalized spacial score (nSPS) is 12.8. The molecule has 2 rings (SSSR count). The molecule has 1 unspecified atom stereocenters. The van der Waals surface area contributed by atoms with Crippen LogP contribution in [-0.2, 0) is 11.2 Å². The molecular weight excluding hydrogens is 228 g/mol. The van der Waals surface area contributed by atoms with Crippen LogP contribution in [0.5, 0.6) is 0 Å². The molecule has 0 aliphatic heterocycles. The molecule has 0 radical (unpaired) electrons. The summed E-state index contributed by atoms with van der Waals surface area (Å²) in [5.41, 5.74) is 1.98. The lowest BCUT2D eigenvalue weighted by Crippen LogP contribution is -2.02. The zero-order valence-electron chi connectivity index (χ0n) is 10.5. The molecule has 3 nitrogen and oxygen atoms in total. The van der Waals surface area contributed by atoms with Gasteiger partial charge in [0.2, 0.25) is 0 Å². The summed E-state index contributed by atoms with van der Waals surface area (Å²) in [5, 5.41) is 20.7. The molecule has 0 spiro atoms. The predicted octanol–water partition coefficient (Wildman–Crippen LogP) is 2.05. The SMILES string of the molecule is COCCc1ccc2cc(C(O)CO)ccc2c1. The lowest BCUT2D eigenvalue weighted by molar-refractivity contribution is 0.0957. The molecule has 3 heteroatoms. The van der Waals surface area contributed by atoms with Crippen molar-refractivity contribution in [2.24, 2.45) is 0 Å². The number of aliphatic hydroxyl groups excluding tert-OH is 2. The quantitative estimate of drug-likeness (QED) is 0.849. The second kappa shape index (κ2) is 5.96. The van der Waals surface area contributed by atoms with E-state index in [0.29, 0.717) is 6.61 Å². The summed E-state index contributed by atoms with van der Waals surface area (Å²) in [7, 11) is 1.70. The fraction of sp³-hybridized carbons (Fsp3) is 0.333. The topological polar surface area (TPSA) is 49.7 Å². The summed E-state index contributed by atoms with van der Waals surface area (Å²) in [6.07, 6.45) is 0.0931. The fourth-order valence-electron chi connectivity index (χ4n) is 2.00. The van der Waals surface area contributed by atoms with Crippen molar-refractivity contribution in [1.82, 2.24) is 0 Å². The second-order valence-corrected chi connectivity index (χ2v) is 4.38. The summed E-state index contributed by atoms with van der Waals surface area (Å²) in [4.78, 5) is 0. The van der Waals surface area contributed by atoms with Crippen molar-refractivity contribution in [3.05, 3.63) is 47.5 Å². The Bertz CT molecular complexity index is 522. The van der Waals surface area contributed by atoms with E-state index in [0.717, 1.165) is 22.8 Å². The lowest BCUT2D eigenvalue weighted by Gasteiger charge is -2.09. The molecule has 0 bridgehead atoms. The highest BCUT2D eigenvalue weighted by atomic mass is 16.5. The zero-order valence-corrected chi connectivity index (χ0v) is 10.5. The molecule has 18 heavy (non-hydrogen) atoms. The van der Waals surface area contributed by atoms with Crippen LogP contribution < -0.4 is 0 Å². The van der Waals surface area contributed by atoms with Gasteiger partial charge in [0.15, 0.2) is 0 Å². The summed E-state index contributed by atoms with van der Waals surface area (Å²) in [6, 6.07) is 12.0. The van der Waals surface area contributed by atoms with Crippen LogP contribution >= 0.6 is 0 Å². The molecule has 0 aliphatic carbocycles. The van der Waals surface area contributed by atoms with Crippen molar-refractivity contribution in [2.75, 3.05) is 20.3 Å². The van der Waals surface area contributed by atoms with E-state index in [1.165, 1.54) is 5.56 Å². The Morgan fingerprint density at radius 2 is 1.83 bits per heavy atom. The van der Waals surface area contributed by atoms with Crippen LogP contribution in [0, 0.1) is 0 Å². The minimum atomic E-state index is -0.803. The van der Waals surface area contributed by atoms with Crippen molar-refractivity contribution >= 4 is 10.8 Å². The number of hydrogen-bond acceptors (Lipinski definition) is 3. The first-order valence-corrected chi connectivity index (χ1v) is 6.05. The maximum absolute atomic E-state index is 9.59. The van der Waals surface area contributed by atoms with E-state index in [2.05, 4.69) is 12.1 Å². The molecular formula is C15H18O3. The third-order valence-corrected chi connectivity index (χ3v) is 3.08. The number of aliphatic hydroxyl groups is 2. The smallest absolute Gasteiger partial charge is 0.102 e. The van der Waals surface area contributed by atoms with Gasteiger partial charge in [-0.2, -0.15) is 0 Å². The predicted molar refractivity (Wildman–Crippen MR) is 71.6 cm³/mol. The largest absolute Gasteiger partial charge is 0.393 e. The standard InChI is InChI=1S/C15H18O3/c1-18-7-6-11-2-3-13-9-14(15(17)10-16)5-4-12(13)8-11/h2-5,8-9,15-17H,6-7,10H2,1H3. The average molecular weight is 246 g/mol.